The van der Waals surface area contributed by atoms with Crippen molar-refractivity contribution < 1.29 is 29.6 Å². The summed E-state index contributed by atoms with van der Waals surface area (Å²) < 4.78 is 7.85. The highest BCUT2D eigenvalue weighted by molar-refractivity contribution is 6.36. The summed E-state index contributed by atoms with van der Waals surface area (Å²) in [4.78, 5) is 47.0. The standard InChI is InChI=1S/C52H54ClN11O6/c1-3-46(67)63-23-22-61(29-38(63)14-18-54)48-39-17-21-60(43-9-5-7-35-6-4-8-41(53)47(35)43)30-42(39)55-51(56-48)70-31-34-27-62(28-34)50(68)36-15-19-59(20-16-36)26-33-10-12-37(13-11-33)64-49(57-58-52(64)69)40-24-32(2)44(65)25-45(40)66/h3-13,24-25,34,36,38,65-66H,1,14-17,19-23,26-31H2,2H3,(H,58,69). The molecule has 4 aromatic carbocycles. The number of aryl methyl sites for hydroxylation is 1. The number of anilines is 2. The molecule has 6 heterocycles. The maximum atomic E-state index is 13.7. The molecular weight excluding hydrogens is 910 g/mol. The summed E-state index contributed by atoms with van der Waals surface area (Å²) in [6, 6.07) is 24.6. The molecule has 1 atom stereocenters. The molecule has 2 aromatic heterocycles. The Hall–Kier alpha value is -7.42. The predicted molar refractivity (Wildman–Crippen MR) is 264 cm³/mol. The number of phenolic OH excluding ortho intramolecular Hbond substituents is 2. The van der Waals surface area contributed by atoms with Gasteiger partial charge in [-0.3, -0.25) is 14.5 Å². The van der Waals surface area contributed by atoms with Crippen LogP contribution in [0.4, 0.5) is 11.5 Å². The quantitative estimate of drug-likeness (QED) is 0.114. The van der Waals surface area contributed by atoms with E-state index in [1.54, 1.807) is 17.9 Å². The van der Waals surface area contributed by atoms with Gasteiger partial charge in [0, 0.05) is 80.4 Å². The molecule has 4 aliphatic rings. The molecule has 0 bridgehead atoms. The van der Waals surface area contributed by atoms with E-state index in [9.17, 15) is 30.2 Å². The third kappa shape index (κ3) is 9.12. The van der Waals surface area contributed by atoms with E-state index in [0.717, 1.165) is 71.6 Å². The zero-order chi connectivity index (χ0) is 48.6. The third-order valence-electron chi connectivity index (χ3n) is 14.2. The Labute approximate surface area is 410 Å². The number of piperazine rings is 1. The number of carbonyl (C=O) groups excluding carboxylic acids is 2. The van der Waals surface area contributed by atoms with Crippen molar-refractivity contribution in [2.45, 2.75) is 51.7 Å². The number of hydrogen-bond donors (Lipinski definition) is 3. The number of halogens is 1. The van der Waals surface area contributed by atoms with Gasteiger partial charge in [-0.2, -0.15) is 15.2 Å². The second-order valence-electron chi connectivity index (χ2n) is 18.7. The summed E-state index contributed by atoms with van der Waals surface area (Å²) in [5.41, 5.74) is 5.49. The van der Waals surface area contributed by atoms with E-state index >= 15 is 0 Å². The second-order valence-corrected chi connectivity index (χ2v) is 19.1. The number of benzene rings is 4. The summed E-state index contributed by atoms with van der Waals surface area (Å²) in [7, 11) is 0. The van der Waals surface area contributed by atoms with Gasteiger partial charge in [-0.05, 0) is 92.2 Å². The zero-order valence-electron chi connectivity index (χ0n) is 38.9. The first-order valence-corrected chi connectivity index (χ1v) is 24.1. The minimum Gasteiger partial charge on any atom is -0.508 e. The Morgan fingerprint density at radius 3 is 2.44 bits per heavy atom. The predicted octanol–water partition coefficient (Wildman–Crippen LogP) is 6.39. The van der Waals surface area contributed by atoms with Crippen LogP contribution in [0.15, 0.2) is 85.5 Å². The van der Waals surface area contributed by atoms with Gasteiger partial charge in [0.25, 0.3) is 0 Å². The molecule has 0 saturated carbocycles. The number of rotatable bonds is 12. The highest BCUT2D eigenvalue weighted by Gasteiger charge is 2.38. The average Bonchev–Trinajstić information content (AvgIpc) is 3.74. The van der Waals surface area contributed by atoms with Gasteiger partial charge in [-0.1, -0.05) is 59.7 Å². The molecule has 2 amide bonds. The minimum atomic E-state index is -0.326. The molecule has 10 rings (SSSR count). The molecule has 0 aliphatic carbocycles. The van der Waals surface area contributed by atoms with Gasteiger partial charge in [0.05, 0.1) is 53.7 Å². The second kappa shape index (κ2) is 19.5. The third-order valence-corrected chi connectivity index (χ3v) is 14.5. The van der Waals surface area contributed by atoms with Gasteiger partial charge in [-0.15, -0.1) is 5.10 Å². The fraction of sp³-hybridized carbons (Fsp3) is 0.365. The highest BCUT2D eigenvalue weighted by Crippen LogP contribution is 2.39. The first-order chi connectivity index (χ1) is 34.0. The molecule has 1 unspecified atom stereocenters. The number of aromatic nitrogens is 5. The molecule has 70 heavy (non-hydrogen) atoms. The molecular formula is C52H54ClN11O6. The van der Waals surface area contributed by atoms with Crippen LogP contribution in [0.3, 0.4) is 0 Å². The molecule has 6 aromatic rings. The summed E-state index contributed by atoms with van der Waals surface area (Å²) in [5, 5.41) is 51.5. The van der Waals surface area contributed by atoms with E-state index in [-0.39, 0.29) is 65.5 Å². The van der Waals surface area contributed by atoms with Crippen LogP contribution in [0, 0.1) is 30.1 Å². The number of nitrogens with zero attached hydrogens (tertiary/aromatic N) is 11. The van der Waals surface area contributed by atoms with Crippen LogP contribution in [0.1, 0.15) is 41.6 Å². The number of hydrogen-bond acceptors (Lipinski definition) is 14. The SMILES string of the molecule is C=CC(=O)N1CCN(c2nc(OCC3CN(C(=O)C4CCN(Cc5ccc(-n6c(O)nnc6-c6cc(C)c(O)cc6O)cc5)CC4)C3)nc3c2CCN(c2cccc4cccc(Cl)c24)C3)CC1CC#N. The van der Waals surface area contributed by atoms with Crippen LogP contribution in [0.25, 0.3) is 27.8 Å². The maximum Gasteiger partial charge on any atom is 0.319 e. The molecule has 3 N–H and O–H groups in total. The number of ether oxygens (including phenoxy) is 1. The van der Waals surface area contributed by atoms with Crippen LogP contribution < -0.4 is 14.5 Å². The van der Waals surface area contributed by atoms with Crippen LogP contribution in [-0.4, -0.2) is 132 Å². The van der Waals surface area contributed by atoms with E-state index < -0.39 is 0 Å². The van der Waals surface area contributed by atoms with Crippen molar-refractivity contribution in [2.75, 3.05) is 68.8 Å². The van der Waals surface area contributed by atoms with E-state index in [0.29, 0.717) is 80.7 Å². The largest absolute Gasteiger partial charge is 0.508 e. The summed E-state index contributed by atoms with van der Waals surface area (Å²) in [6.45, 7) is 11.9. The Kier molecular flexibility index (Phi) is 12.9. The molecule has 4 aliphatic heterocycles. The van der Waals surface area contributed by atoms with Crippen molar-refractivity contribution in [2.24, 2.45) is 11.8 Å². The molecule has 18 heteroatoms. The lowest BCUT2D eigenvalue weighted by atomic mass is 9.91. The van der Waals surface area contributed by atoms with Crippen molar-refractivity contribution >= 4 is 45.7 Å². The first-order valence-electron chi connectivity index (χ1n) is 23.7. The van der Waals surface area contributed by atoms with Crippen molar-refractivity contribution in [3.8, 4) is 46.7 Å². The number of nitriles is 1. The normalized spacial score (nSPS) is 17.8. The van der Waals surface area contributed by atoms with Crippen LogP contribution >= 0.6 is 11.6 Å². The van der Waals surface area contributed by atoms with Crippen molar-refractivity contribution in [3.63, 3.8) is 0 Å². The number of fused-ring (bicyclic) bond motifs is 2. The molecule has 3 saturated heterocycles. The zero-order valence-corrected chi connectivity index (χ0v) is 39.7. The summed E-state index contributed by atoms with van der Waals surface area (Å²) in [6.07, 6.45) is 3.70. The van der Waals surface area contributed by atoms with Crippen LogP contribution in [0.5, 0.6) is 23.5 Å². The van der Waals surface area contributed by atoms with E-state index in [4.69, 9.17) is 26.3 Å². The number of amides is 2. The molecule has 360 valence electrons. The lowest BCUT2D eigenvalue weighted by Crippen LogP contribution is -2.55. The van der Waals surface area contributed by atoms with Crippen LogP contribution in [0.2, 0.25) is 5.02 Å². The highest BCUT2D eigenvalue weighted by atomic mass is 35.5. The number of carbonyl (C=O) groups is 2. The molecule has 17 nitrogen and oxygen atoms in total. The molecule has 3 fully saturated rings. The molecule has 0 spiro atoms. The number of aromatic hydroxyl groups is 3. The van der Waals surface area contributed by atoms with Crippen LogP contribution in [-0.2, 0) is 29.1 Å². The number of piperidine rings is 1. The average molecular weight is 965 g/mol. The van der Waals surface area contributed by atoms with Gasteiger partial charge in [0.1, 0.15) is 17.3 Å². The Balaban J connectivity index is 0.761. The maximum absolute atomic E-state index is 13.7. The fourth-order valence-electron chi connectivity index (χ4n) is 10.4. The smallest absolute Gasteiger partial charge is 0.319 e. The lowest BCUT2D eigenvalue weighted by molar-refractivity contribution is -0.144. The van der Waals surface area contributed by atoms with Gasteiger partial charge in [0.15, 0.2) is 5.82 Å². The Morgan fingerprint density at radius 1 is 0.914 bits per heavy atom. The number of likely N-dealkylation sites (tertiary alicyclic amines) is 2. The minimum absolute atomic E-state index is 0.0448. The topological polar surface area (TPSA) is 201 Å². The van der Waals surface area contributed by atoms with Gasteiger partial charge < -0.3 is 39.7 Å². The number of phenols is 2. The monoisotopic (exact) mass is 963 g/mol. The van der Waals surface area contributed by atoms with Crippen molar-refractivity contribution in [3.05, 3.63) is 113 Å². The van der Waals surface area contributed by atoms with E-state index in [1.165, 1.54) is 16.7 Å². The van der Waals surface area contributed by atoms with E-state index in [2.05, 4.69) is 55.7 Å². The Morgan fingerprint density at radius 2 is 1.69 bits per heavy atom. The van der Waals surface area contributed by atoms with Gasteiger partial charge in [0.2, 0.25) is 11.8 Å². The van der Waals surface area contributed by atoms with E-state index in [1.807, 2.05) is 47.4 Å². The fourth-order valence-corrected chi connectivity index (χ4v) is 10.7. The Bertz CT molecular complexity index is 3010. The van der Waals surface area contributed by atoms with Crippen molar-refractivity contribution in [1.29, 1.82) is 5.26 Å². The van der Waals surface area contributed by atoms with Crippen molar-refractivity contribution in [1.82, 2.24) is 39.4 Å². The summed E-state index contributed by atoms with van der Waals surface area (Å²) >= 11 is 6.78. The summed E-state index contributed by atoms with van der Waals surface area (Å²) in [5.74, 6) is 0.859. The first kappa shape index (κ1) is 46.3. The molecule has 0 radical (unpaired) electrons. The van der Waals surface area contributed by atoms with Gasteiger partial charge in [-0.25, -0.2) is 4.57 Å². The van der Waals surface area contributed by atoms with Gasteiger partial charge >= 0.3 is 12.0 Å². The lowest BCUT2D eigenvalue weighted by Gasteiger charge is -2.43.